The van der Waals surface area contributed by atoms with Crippen LogP contribution in [0.15, 0.2) is 24.3 Å². The molecule has 0 heterocycles. The third-order valence-corrected chi connectivity index (χ3v) is 6.58. The highest BCUT2D eigenvalue weighted by atomic mass is 16.3. The van der Waals surface area contributed by atoms with Crippen molar-refractivity contribution in [3.63, 3.8) is 0 Å². The lowest BCUT2D eigenvalue weighted by Crippen LogP contribution is -2.52. The third-order valence-electron chi connectivity index (χ3n) is 6.58. The highest BCUT2D eigenvalue weighted by Crippen LogP contribution is 2.60. The maximum Gasteiger partial charge on any atom is 0.0797 e. The van der Waals surface area contributed by atoms with Crippen molar-refractivity contribution in [1.29, 1.82) is 0 Å². The van der Waals surface area contributed by atoms with Crippen LogP contribution in [-0.4, -0.2) is 21.9 Å². The Labute approximate surface area is 136 Å². The average Bonchev–Trinajstić information content (AvgIpc) is 2.35. The van der Waals surface area contributed by atoms with E-state index in [1.54, 1.807) is 6.08 Å². The molecule has 126 valence electrons. The second-order valence-corrected chi connectivity index (χ2v) is 8.95. The summed E-state index contributed by atoms with van der Waals surface area (Å²) in [5.74, 6) is 1.04. The van der Waals surface area contributed by atoms with Gasteiger partial charge in [0, 0.05) is 0 Å². The molecule has 2 rings (SSSR count). The first-order valence-corrected chi connectivity index (χ1v) is 8.72. The highest BCUT2D eigenvalue weighted by Gasteiger charge is 2.54. The van der Waals surface area contributed by atoms with Crippen molar-refractivity contribution >= 4 is 0 Å². The van der Waals surface area contributed by atoms with Crippen molar-refractivity contribution in [3.8, 4) is 0 Å². The van der Waals surface area contributed by atoms with Crippen LogP contribution in [0.1, 0.15) is 66.7 Å². The summed E-state index contributed by atoms with van der Waals surface area (Å²) in [6.45, 7) is 14.8. The molecule has 0 radical (unpaired) electrons. The molecule has 0 aromatic heterocycles. The van der Waals surface area contributed by atoms with E-state index in [1.807, 2.05) is 6.92 Å². The van der Waals surface area contributed by atoms with Crippen molar-refractivity contribution < 1.29 is 10.2 Å². The fourth-order valence-electron chi connectivity index (χ4n) is 5.40. The number of allylic oxidation sites excluding steroid dienone is 2. The molecule has 1 saturated carbocycles. The summed E-state index contributed by atoms with van der Waals surface area (Å²) >= 11 is 0. The minimum atomic E-state index is -0.799. The fraction of sp³-hybridized carbons (Fsp3) is 0.800. The largest absolute Gasteiger partial charge is 0.393 e. The topological polar surface area (TPSA) is 40.5 Å². The number of hydrogen-bond donors (Lipinski definition) is 2. The van der Waals surface area contributed by atoms with Gasteiger partial charge in [-0.15, -0.1) is 6.58 Å². The van der Waals surface area contributed by atoms with Gasteiger partial charge in [-0.2, -0.15) is 0 Å². The van der Waals surface area contributed by atoms with Crippen molar-refractivity contribution in [1.82, 2.24) is 0 Å². The van der Waals surface area contributed by atoms with Crippen molar-refractivity contribution in [2.24, 2.45) is 22.7 Å². The number of hydrogen-bond acceptors (Lipinski definition) is 2. The van der Waals surface area contributed by atoms with E-state index in [0.29, 0.717) is 11.8 Å². The fourth-order valence-corrected chi connectivity index (χ4v) is 5.40. The smallest absolute Gasteiger partial charge is 0.0797 e. The first-order chi connectivity index (χ1) is 10.0. The molecular formula is C20H34O2. The van der Waals surface area contributed by atoms with Crippen LogP contribution < -0.4 is 0 Å². The molecule has 0 aromatic carbocycles. The molecule has 2 heteroatoms. The number of aliphatic hydroxyl groups excluding tert-OH is 1. The summed E-state index contributed by atoms with van der Waals surface area (Å²) in [5, 5.41) is 20.7. The predicted octanol–water partition coefficient (Wildman–Crippen LogP) is 4.47. The first kappa shape index (κ1) is 17.7. The van der Waals surface area contributed by atoms with Gasteiger partial charge < -0.3 is 10.2 Å². The molecule has 1 fully saturated rings. The Bertz CT molecular complexity index is 460. The molecule has 0 amide bonds. The number of fused-ring (bicyclic) bond motifs is 1. The molecule has 0 saturated heterocycles. The summed E-state index contributed by atoms with van der Waals surface area (Å²) in [5.41, 5.74) is 0.926. The zero-order valence-corrected chi connectivity index (χ0v) is 15.0. The zero-order chi connectivity index (χ0) is 16.8. The van der Waals surface area contributed by atoms with Crippen LogP contribution >= 0.6 is 0 Å². The molecule has 0 bridgehead atoms. The molecule has 22 heavy (non-hydrogen) atoms. The Morgan fingerprint density at radius 3 is 2.59 bits per heavy atom. The van der Waals surface area contributed by atoms with Gasteiger partial charge in [-0.05, 0) is 68.6 Å². The normalized spacial score (nSPS) is 40.3. The SMILES string of the molecule is C=C[C@](C)(O)CC[C@H]1C(C)=CC[C@H]2C(C)(C)C[C@H](O)C[C@]12C. The minimum absolute atomic E-state index is 0.122. The second kappa shape index (κ2) is 5.79. The third kappa shape index (κ3) is 3.19. The highest BCUT2D eigenvalue weighted by molar-refractivity contribution is 5.19. The van der Waals surface area contributed by atoms with Gasteiger partial charge in [0.1, 0.15) is 0 Å². The van der Waals surface area contributed by atoms with Crippen LogP contribution in [0.4, 0.5) is 0 Å². The molecule has 2 N–H and O–H groups in total. The van der Waals surface area contributed by atoms with Gasteiger partial charge in [-0.25, -0.2) is 0 Å². The van der Waals surface area contributed by atoms with E-state index in [1.165, 1.54) is 5.57 Å². The number of rotatable bonds is 4. The molecule has 2 aliphatic carbocycles. The maximum absolute atomic E-state index is 10.4. The average molecular weight is 306 g/mol. The van der Waals surface area contributed by atoms with Gasteiger partial charge in [-0.3, -0.25) is 0 Å². The molecular weight excluding hydrogens is 272 g/mol. The van der Waals surface area contributed by atoms with Crippen molar-refractivity contribution in [2.45, 2.75) is 78.4 Å². The molecule has 2 nitrogen and oxygen atoms in total. The summed E-state index contributed by atoms with van der Waals surface area (Å²) in [4.78, 5) is 0. The lowest BCUT2D eigenvalue weighted by molar-refractivity contribution is -0.0975. The summed E-state index contributed by atoms with van der Waals surface area (Å²) in [7, 11) is 0. The van der Waals surface area contributed by atoms with Crippen LogP contribution in [-0.2, 0) is 0 Å². The summed E-state index contributed by atoms with van der Waals surface area (Å²) in [6, 6.07) is 0. The van der Waals surface area contributed by atoms with Crippen molar-refractivity contribution in [3.05, 3.63) is 24.3 Å². The van der Waals surface area contributed by atoms with E-state index in [4.69, 9.17) is 0 Å². The minimum Gasteiger partial charge on any atom is -0.393 e. The molecule has 0 aromatic rings. The van der Waals surface area contributed by atoms with Gasteiger partial charge in [-0.1, -0.05) is 38.5 Å². The van der Waals surface area contributed by atoms with Crippen LogP contribution in [0.2, 0.25) is 0 Å². The quantitative estimate of drug-likeness (QED) is 0.752. The van der Waals surface area contributed by atoms with Gasteiger partial charge in [0.05, 0.1) is 11.7 Å². The van der Waals surface area contributed by atoms with E-state index in [2.05, 4.69) is 40.3 Å². The van der Waals surface area contributed by atoms with E-state index in [-0.39, 0.29) is 16.9 Å². The first-order valence-electron chi connectivity index (χ1n) is 8.72. The van der Waals surface area contributed by atoms with Gasteiger partial charge in [0.2, 0.25) is 0 Å². The Balaban J connectivity index is 2.29. The van der Waals surface area contributed by atoms with Crippen LogP contribution in [0.25, 0.3) is 0 Å². The van der Waals surface area contributed by atoms with Gasteiger partial charge >= 0.3 is 0 Å². The van der Waals surface area contributed by atoms with E-state index in [0.717, 1.165) is 32.1 Å². The number of aliphatic hydroxyl groups is 2. The lowest BCUT2D eigenvalue weighted by atomic mass is 9.47. The monoisotopic (exact) mass is 306 g/mol. The van der Waals surface area contributed by atoms with Crippen LogP contribution in [0.5, 0.6) is 0 Å². The summed E-state index contributed by atoms with van der Waals surface area (Å²) in [6.07, 6.45) is 8.43. The predicted molar refractivity (Wildman–Crippen MR) is 92.5 cm³/mol. The Morgan fingerprint density at radius 1 is 1.36 bits per heavy atom. The van der Waals surface area contributed by atoms with Gasteiger partial charge in [0.15, 0.2) is 0 Å². The van der Waals surface area contributed by atoms with Gasteiger partial charge in [0.25, 0.3) is 0 Å². The Morgan fingerprint density at radius 2 is 2.00 bits per heavy atom. The summed E-state index contributed by atoms with van der Waals surface area (Å²) < 4.78 is 0. The molecule has 5 atom stereocenters. The molecule has 0 aliphatic heterocycles. The lowest BCUT2D eigenvalue weighted by Gasteiger charge is -2.58. The van der Waals surface area contributed by atoms with E-state index in [9.17, 15) is 10.2 Å². The molecule has 2 aliphatic rings. The zero-order valence-electron chi connectivity index (χ0n) is 15.0. The second-order valence-electron chi connectivity index (χ2n) is 8.95. The Hall–Kier alpha value is -0.600. The molecule has 0 unspecified atom stereocenters. The van der Waals surface area contributed by atoms with E-state index < -0.39 is 5.60 Å². The standard InChI is InChI=1S/C20H34O2/c1-7-19(5,22)11-10-16-14(2)8-9-17-18(3,4)12-15(21)13-20(16,17)6/h7-8,15-17,21-22H,1,9-13H2,2-6H3/t15-,16-,17-,19-,20+/m0/s1. The van der Waals surface area contributed by atoms with Crippen LogP contribution in [0, 0.1) is 22.7 Å². The van der Waals surface area contributed by atoms with Crippen molar-refractivity contribution in [2.75, 3.05) is 0 Å². The van der Waals surface area contributed by atoms with Crippen LogP contribution in [0.3, 0.4) is 0 Å². The molecule has 0 spiro atoms. The van der Waals surface area contributed by atoms with E-state index >= 15 is 0 Å². The maximum atomic E-state index is 10.4. The Kier molecular flexibility index (Phi) is 4.68.